The zero-order valence-electron chi connectivity index (χ0n) is 18.2. The number of likely N-dealkylation sites (N-methyl/N-ethyl adjacent to an activating group) is 1. The predicted molar refractivity (Wildman–Crippen MR) is 136 cm³/mol. The van der Waals surface area contributed by atoms with Gasteiger partial charge in [0.25, 0.3) is 5.91 Å². The predicted octanol–water partition coefficient (Wildman–Crippen LogP) is 5.15. The third kappa shape index (κ3) is 5.80. The van der Waals surface area contributed by atoms with E-state index in [-0.39, 0.29) is 29.0 Å². The molecule has 0 aliphatic rings. The first-order valence-corrected chi connectivity index (χ1v) is 13.1. The normalized spacial score (nSPS) is 11.5. The van der Waals surface area contributed by atoms with Crippen molar-refractivity contribution in [1.29, 1.82) is 0 Å². The van der Waals surface area contributed by atoms with Gasteiger partial charge in [0.2, 0.25) is 0 Å². The summed E-state index contributed by atoms with van der Waals surface area (Å²) in [6, 6.07) is 11.8. The second-order valence-corrected chi connectivity index (χ2v) is 10.7. The number of carbonyl (C=O) groups excluding carboxylic acids is 1. The number of hydrogen-bond acceptors (Lipinski definition) is 6. The fraction of sp³-hybridized carbons (Fsp3) is 0.364. The molecule has 3 rings (SSSR count). The average molecular weight is 517 g/mol. The Morgan fingerprint density at radius 1 is 1.06 bits per heavy atom. The number of carbonyl (C=O) groups is 1. The van der Waals surface area contributed by atoms with E-state index in [0.29, 0.717) is 34.3 Å². The van der Waals surface area contributed by atoms with Gasteiger partial charge in [0.1, 0.15) is 5.52 Å². The maximum absolute atomic E-state index is 13.5. The Hall–Kier alpha value is -1.71. The minimum absolute atomic E-state index is 0. The van der Waals surface area contributed by atoms with Crippen LogP contribution in [0.4, 0.5) is 5.13 Å². The molecule has 0 bridgehead atoms. The molecule has 0 aliphatic carbocycles. The van der Waals surface area contributed by atoms with Crippen molar-refractivity contribution in [3.8, 4) is 0 Å². The Kier molecular flexibility index (Phi) is 9.48. The quantitative estimate of drug-likeness (QED) is 0.393. The third-order valence-corrected chi connectivity index (χ3v) is 8.27. The number of nitrogens with zero attached hydrogens (tertiary/aromatic N) is 3. The summed E-state index contributed by atoms with van der Waals surface area (Å²) in [5.74, 6) is -0.303. The van der Waals surface area contributed by atoms with Crippen molar-refractivity contribution in [1.82, 2.24) is 9.88 Å². The number of halogens is 2. The summed E-state index contributed by atoms with van der Waals surface area (Å²) in [5.41, 5.74) is 0.978. The van der Waals surface area contributed by atoms with Gasteiger partial charge in [0.15, 0.2) is 15.0 Å². The molecule has 1 heterocycles. The van der Waals surface area contributed by atoms with Crippen LogP contribution in [0, 0.1) is 0 Å². The standard InChI is InChI=1S/C22H26ClN3O3S2.ClH/c1-4-25(5-2)13-14-26(22-24-20-18(23)11-8-12-19(20)30-22)21(27)16-9-7-10-17(15-16)31(28,29)6-3;/h7-12,15H,4-6,13-14H2,1-3H3;1H. The first kappa shape index (κ1) is 26.5. The summed E-state index contributed by atoms with van der Waals surface area (Å²) in [6.07, 6.45) is 0. The molecule has 0 aliphatic heterocycles. The lowest BCUT2D eigenvalue weighted by atomic mass is 10.2. The van der Waals surface area contributed by atoms with E-state index in [0.717, 1.165) is 17.8 Å². The van der Waals surface area contributed by atoms with Gasteiger partial charge >= 0.3 is 0 Å². The van der Waals surface area contributed by atoms with E-state index in [4.69, 9.17) is 11.6 Å². The van der Waals surface area contributed by atoms with Crippen LogP contribution in [0.25, 0.3) is 10.2 Å². The second kappa shape index (κ2) is 11.4. The summed E-state index contributed by atoms with van der Waals surface area (Å²) >= 11 is 7.69. The lowest BCUT2D eigenvalue weighted by Gasteiger charge is -2.25. The summed E-state index contributed by atoms with van der Waals surface area (Å²) in [5, 5.41) is 1.08. The van der Waals surface area contributed by atoms with Gasteiger partial charge in [0.05, 0.1) is 20.4 Å². The van der Waals surface area contributed by atoms with E-state index >= 15 is 0 Å². The van der Waals surface area contributed by atoms with Crippen molar-refractivity contribution >= 4 is 66.4 Å². The van der Waals surface area contributed by atoms with E-state index in [9.17, 15) is 13.2 Å². The third-order valence-electron chi connectivity index (χ3n) is 5.19. The van der Waals surface area contributed by atoms with Gasteiger partial charge in [-0.1, -0.05) is 55.8 Å². The maximum Gasteiger partial charge on any atom is 0.260 e. The number of fused-ring (bicyclic) bond motifs is 1. The number of aromatic nitrogens is 1. The highest BCUT2D eigenvalue weighted by molar-refractivity contribution is 7.91. The molecule has 6 nitrogen and oxygen atoms in total. The van der Waals surface area contributed by atoms with Gasteiger partial charge in [-0.3, -0.25) is 9.69 Å². The molecule has 0 saturated heterocycles. The molecular weight excluding hydrogens is 489 g/mol. The molecule has 1 amide bonds. The maximum atomic E-state index is 13.5. The molecule has 3 aromatic rings. The molecule has 0 fully saturated rings. The van der Waals surface area contributed by atoms with E-state index in [1.54, 1.807) is 30.0 Å². The molecule has 174 valence electrons. The van der Waals surface area contributed by atoms with Crippen molar-refractivity contribution in [3.63, 3.8) is 0 Å². The molecule has 0 atom stereocenters. The topological polar surface area (TPSA) is 70.6 Å². The van der Waals surface area contributed by atoms with Crippen molar-refractivity contribution in [2.75, 3.05) is 36.8 Å². The first-order valence-electron chi connectivity index (χ1n) is 10.2. The number of amides is 1. The van der Waals surface area contributed by atoms with Crippen LogP contribution in [-0.4, -0.2) is 56.1 Å². The molecule has 32 heavy (non-hydrogen) atoms. The minimum Gasteiger partial charge on any atom is -0.302 e. The molecule has 0 N–H and O–H groups in total. The van der Waals surface area contributed by atoms with E-state index in [1.165, 1.54) is 23.5 Å². The molecule has 10 heteroatoms. The molecule has 0 spiro atoms. The summed E-state index contributed by atoms with van der Waals surface area (Å²) in [4.78, 5) is 22.1. The molecular formula is C22H27Cl2N3O3S2. The number of sulfone groups is 1. The van der Waals surface area contributed by atoms with Crippen LogP contribution in [-0.2, 0) is 9.84 Å². The highest BCUT2D eigenvalue weighted by Crippen LogP contribution is 2.33. The summed E-state index contributed by atoms with van der Waals surface area (Å²) in [6.45, 7) is 8.59. The van der Waals surface area contributed by atoms with Crippen molar-refractivity contribution in [2.45, 2.75) is 25.7 Å². The fourth-order valence-corrected chi connectivity index (χ4v) is 5.44. The number of thiazole rings is 1. The highest BCUT2D eigenvalue weighted by Gasteiger charge is 2.24. The summed E-state index contributed by atoms with van der Waals surface area (Å²) in [7, 11) is -3.41. The second-order valence-electron chi connectivity index (χ2n) is 7.00. The van der Waals surface area contributed by atoms with E-state index in [2.05, 4.69) is 23.7 Å². The largest absolute Gasteiger partial charge is 0.302 e. The van der Waals surface area contributed by atoms with Crippen LogP contribution in [0.1, 0.15) is 31.1 Å². The molecule has 0 saturated carbocycles. The Balaban J connectivity index is 0.00000363. The van der Waals surface area contributed by atoms with Gasteiger partial charge in [-0.2, -0.15) is 0 Å². The van der Waals surface area contributed by atoms with E-state index < -0.39 is 9.84 Å². The number of anilines is 1. The number of hydrogen-bond donors (Lipinski definition) is 0. The monoisotopic (exact) mass is 515 g/mol. The molecule has 1 aromatic heterocycles. The lowest BCUT2D eigenvalue weighted by Crippen LogP contribution is -2.39. The van der Waals surface area contributed by atoms with Gasteiger partial charge in [-0.05, 0) is 43.4 Å². The van der Waals surface area contributed by atoms with Crippen LogP contribution >= 0.6 is 35.3 Å². The zero-order valence-corrected chi connectivity index (χ0v) is 21.5. The van der Waals surface area contributed by atoms with Crippen molar-refractivity contribution in [2.24, 2.45) is 0 Å². The van der Waals surface area contributed by atoms with Gasteiger partial charge < -0.3 is 4.90 Å². The number of benzene rings is 2. The van der Waals surface area contributed by atoms with E-state index in [1.807, 2.05) is 12.1 Å². The average Bonchev–Trinajstić information content (AvgIpc) is 3.22. The zero-order chi connectivity index (χ0) is 22.6. The van der Waals surface area contributed by atoms with Crippen LogP contribution in [0.3, 0.4) is 0 Å². The Bertz CT molecular complexity index is 1180. The number of rotatable bonds is 9. The van der Waals surface area contributed by atoms with Crippen LogP contribution in [0.15, 0.2) is 47.4 Å². The van der Waals surface area contributed by atoms with Crippen molar-refractivity contribution in [3.05, 3.63) is 53.1 Å². The van der Waals surface area contributed by atoms with Gasteiger partial charge in [0, 0.05) is 18.7 Å². The molecule has 0 radical (unpaired) electrons. The van der Waals surface area contributed by atoms with Gasteiger partial charge in [-0.15, -0.1) is 12.4 Å². The Morgan fingerprint density at radius 3 is 2.38 bits per heavy atom. The van der Waals surface area contributed by atoms with Crippen molar-refractivity contribution < 1.29 is 13.2 Å². The molecule has 2 aromatic carbocycles. The van der Waals surface area contributed by atoms with Crippen LogP contribution in [0.2, 0.25) is 5.02 Å². The Morgan fingerprint density at radius 2 is 1.75 bits per heavy atom. The van der Waals surface area contributed by atoms with Crippen LogP contribution < -0.4 is 4.90 Å². The lowest BCUT2D eigenvalue weighted by molar-refractivity contribution is 0.0983. The smallest absolute Gasteiger partial charge is 0.260 e. The Labute approximate surface area is 204 Å². The van der Waals surface area contributed by atoms with Gasteiger partial charge in [-0.25, -0.2) is 13.4 Å². The highest BCUT2D eigenvalue weighted by atomic mass is 35.5. The fourth-order valence-electron chi connectivity index (χ4n) is 3.23. The first-order chi connectivity index (χ1) is 14.8. The summed E-state index contributed by atoms with van der Waals surface area (Å²) < 4.78 is 25.5. The SMILES string of the molecule is CCN(CC)CCN(C(=O)c1cccc(S(=O)(=O)CC)c1)c1nc2c(Cl)cccc2s1.Cl. The minimum atomic E-state index is -3.41. The number of para-hydroxylation sites is 1. The van der Waals surface area contributed by atoms with Crippen LogP contribution in [0.5, 0.6) is 0 Å². The molecule has 0 unspecified atom stereocenters.